The van der Waals surface area contributed by atoms with Crippen LogP contribution in [0.1, 0.15) is 36.3 Å². The molecule has 0 amide bonds. The molecule has 74 valence electrons. The zero-order valence-electron chi connectivity index (χ0n) is 8.50. The molecule has 1 N–H and O–H groups in total. The number of fused-ring (bicyclic) bond motifs is 1. The van der Waals surface area contributed by atoms with Crippen molar-refractivity contribution in [2.24, 2.45) is 0 Å². The molecule has 1 atom stereocenters. The molecule has 1 unspecified atom stereocenters. The molecular weight excluding hydrogens is 170 g/mol. The van der Waals surface area contributed by atoms with Gasteiger partial charge in [-0.25, -0.2) is 0 Å². The van der Waals surface area contributed by atoms with Gasteiger partial charge in [-0.15, -0.1) is 0 Å². The van der Waals surface area contributed by atoms with Crippen LogP contribution < -0.4 is 5.32 Å². The second kappa shape index (κ2) is 3.39. The summed E-state index contributed by atoms with van der Waals surface area (Å²) in [6.07, 6.45) is 5.44. The maximum atomic E-state index is 3.59. The summed E-state index contributed by atoms with van der Waals surface area (Å²) in [7, 11) is 0. The first-order valence-corrected chi connectivity index (χ1v) is 5.74. The minimum atomic E-state index is 0.845. The van der Waals surface area contributed by atoms with Crippen LogP contribution in [0.2, 0.25) is 0 Å². The summed E-state index contributed by atoms with van der Waals surface area (Å²) < 4.78 is 0. The van der Waals surface area contributed by atoms with Gasteiger partial charge in [0.2, 0.25) is 0 Å². The SMILES string of the molecule is c1ccc2c(c1)CC2CCNC1CC1. The van der Waals surface area contributed by atoms with Gasteiger partial charge in [0.25, 0.3) is 0 Å². The highest BCUT2D eigenvalue weighted by molar-refractivity contribution is 5.39. The fourth-order valence-corrected chi connectivity index (χ4v) is 2.37. The van der Waals surface area contributed by atoms with Crippen LogP contribution in [0.5, 0.6) is 0 Å². The molecule has 0 bridgehead atoms. The zero-order chi connectivity index (χ0) is 9.38. The largest absolute Gasteiger partial charge is 0.314 e. The van der Waals surface area contributed by atoms with Crippen molar-refractivity contribution in [2.45, 2.75) is 37.6 Å². The van der Waals surface area contributed by atoms with E-state index in [9.17, 15) is 0 Å². The fraction of sp³-hybridized carbons (Fsp3) is 0.538. The summed E-state index contributed by atoms with van der Waals surface area (Å²) in [5.74, 6) is 0.845. The summed E-state index contributed by atoms with van der Waals surface area (Å²) >= 11 is 0. The summed E-state index contributed by atoms with van der Waals surface area (Å²) in [4.78, 5) is 0. The maximum absolute atomic E-state index is 3.59. The Balaban J connectivity index is 1.51. The van der Waals surface area contributed by atoms with E-state index in [1.165, 1.54) is 32.2 Å². The van der Waals surface area contributed by atoms with E-state index in [4.69, 9.17) is 0 Å². The minimum absolute atomic E-state index is 0.845. The average Bonchev–Trinajstić information content (AvgIpc) is 2.97. The standard InChI is InChI=1S/C13H17N/c1-2-4-13-10(3-1)9-11(13)7-8-14-12-5-6-12/h1-4,11-12,14H,5-9H2. The van der Waals surface area contributed by atoms with E-state index < -0.39 is 0 Å². The van der Waals surface area contributed by atoms with Crippen LogP contribution in [0.4, 0.5) is 0 Å². The lowest BCUT2D eigenvalue weighted by molar-refractivity contribution is 0.522. The Labute approximate surface area is 85.5 Å². The lowest BCUT2D eigenvalue weighted by Gasteiger charge is -2.30. The van der Waals surface area contributed by atoms with Crippen LogP contribution in [0, 0.1) is 0 Å². The van der Waals surface area contributed by atoms with E-state index in [-0.39, 0.29) is 0 Å². The number of nitrogens with one attached hydrogen (secondary N) is 1. The Morgan fingerprint density at radius 2 is 2.07 bits per heavy atom. The van der Waals surface area contributed by atoms with E-state index in [0.717, 1.165) is 12.0 Å². The van der Waals surface area contributed by atoms with Crippen molar-refractivity contribution in [3.63, 3.8) is 0 Å². The third-order valence-electron chi connectivity index (χ3n) is 3.46. The molecule has 0 aromatic heterocycles. The minimum Gasteiger partial charge on any atom is -0.314 e. The van der Waals surface area contributed by atoms with E-state index >= 15 is 0 Å². The van der Waals surface area contributed by atoms with E-state index in [2.05, 4.69) is 29.6 Å². The normalized spacial score (nSPS) is 24.1. The molecular formula is C13H17N. The summed E-state index contributed by atoms with van der Waals surface area (Å²) in [5.41, 5.74) is 3.18. The summed E-state index contributed by atoms with van der Waals surface area (Å²) in [6, 6.07) is 9.74. The molecule has 0 heterocycles. The molecule has 1 aromatic carbocycles. The van der Waals surface area contributed by atoms with Crippen LogP contribution in [0.15, 0.2) is 24.3 Å². The van der Waals surface area contributed by atoms with Crippen LogP contribution in [-0.4, -0.2) is 12.6 Å². The molecule has 14 heavy (non-hydrogen) atoms. The van der Waals surface area contributed by atoms with Crippen molar-refractivity contribution in [3.05, 3.63) is 35.4 Å². The van der Waals surface area contributed by atoms with Crippen molar-refractivity contribution in [2.75, 3.05) is 6.54 Å². The van der Waals surface area contributed by atoms with Gasteiger partial charge in [0.15, 0.2) is 0 Å². The highest BCUT2D eigenvalue weighted by atomic mass is 14.9. The van der Waals surface area contributed by atoms with Crippen molar-refractivity contribution in [3.8, 4) is 0 Å². The second-order valence-corrected chi connectivity index (χ2v) is 4.62. The van der Waals surface area contributed by atoms with Crippen LogP contribution in [-0.2, 0) is 6.42 Å². The molecule has 1 aromatic rings. The molecule has 2 aliphatic rings. The van der Waals surface area contributed by atoms with Crippen LogP contribution >= 0.6 is 0 Å². The van der Waals surface area contributed by atoms with Gasteiger partial charge in [0.05, 0.1) is 0 Å². The highest BCUT2D eigenvalue weighted by Gasteiger charge is 2.26. The van der Waals surface area contributed by atoms with Gasteiger partial charge >= 0.3 is 0 Å². The Morgan fingerprint density at radius 3 is 2.86 bits per heavy atom. The molecule has 3 rings (SSSR count). The van der Waals surface area contributed by atoms with Gasteiger partial charge in [-0.1, -0.05) is 24.3 Å². The number of rotatable bonds is 4. The Kier molecular flexibility index (Phi) is 2.06. The predicted molar refractivity (Wildman–Crippen MR) is 58.5 cm³/mol. The lowest BCUT2D eigenvalue weighted by Crippen LogP contribution is -2.24. The number of benzene rings is 1. The Morgan fingerprint density at radius 1 is 1.21 bits per heavy atom. The first-order valence-electron chi connectivity index (χ1n) is 5.74. The van der Waals surface area contributed by atoms with E-state index in [0.29, 0.717) is 0 Å². The number of hydrogen-bond acceptors (Lipinski definition) is 1. The molecule has 1 nitrogen and oxygen atoms in total. The van der Waals surface area contributed by atoms with Gasteiger partial charge < -0.3 is 5.32 Å². The maximum Gasteiger partial charge on any atom is 0.00682 e. The van der Waals surface area contributed by atoms with Crippen LogP contribution in [0.25, 0.3) is 0 Å². The molecule has 0 aliphatic heterocycles. The fourth-order valence-electron chi connectivity index (χ4n) is 2.37. The third-order valence-corrected chi connectivity index (χ3v) is 3.46. The Hall–Kier alpha value is -0.820. The first kappa shape index (κ1) is 8.49. The predicted octanol–water partition coefficient (Wildman–Crippen LogP) is 2.47. The second-order valence-electron chi connectivity index (χ2n) is 4.62. The molecule has 0 radical (unpaired) electrons. The summed E-state index contributed by atoms with van der Waals surface area (Å²) in [5, 5.41) is 3.59. The van der Waals surface area contributed by atoms with Crippen molar-refractivity contribution >= 4 is 0 Å². The van der Waals surface area contributed by atoms with Gasteiger partial charge in [0.1, 0.15) is 0 Å². The highest BCUT2D eigenvalue weighted by Crippen LogP contribution is 2.36. The number of hydrogen-bond donors (Lipinski definition) is 1. The lowest BCUT2D eigenvalue weighted by atomic mass is 9.76. The van der Waals surface area contributed by atoms with Gasteiger partial charge in [0, 0.05) is 6.04 Å². The van der Waals surface area contributed by atoms with E-state index in [1.54, 1.807) is 11.1 Å². The molecule has 0 saturated heterocycles. The van der Waals surface area contributed by atoms with E-state index in [1.807, 2.05) is 0 Å². The van der Waals surface area contributed by atoms with Gasteiger partial charge in [-0.3, -0.25) is 0 Å². The van der Waals surface area contributed by atoms with Crippen molar-refractivity contribution < 1.29 is 0 Å². The summed E-state index contributed by atoms with van der Waals surface area (Å²) in [6.45, 7) is 1.21. The molecule has 1 heteroatoms. The topological polar surface area (TPSA) is 12.0 Å². The molecule has 1 saturated carbocycles. The Bertz CT molecular complexity index is 328. The third kappa shape index (κ3) is 1.57. The van der Waals surface area contributed by atoms with Gasteiger partial charge in [-0.05, 0) is 49.3 Å². The van der Waals surface area contributed by atoms with Gasteiger partial charge in [-0.2, -0.15) is 0 Å². The smallest absolute Gasteiger partial charge is 0.00682 e. The van der Waals surface area contributed by atoms with Crippen molar-refractivity contribution in [1.29, 1.82) is 0 Å². The average molecular weight is 187 g/mol. The molecule has 0 spiro atoms. The quantitative estimate of drug-likeness (QED) is 0.763. The molecule has 1 fully saturated rings. The van der Waals surface area contributed by atoms with Crippen molar-refractivity contribution in [1.82, 2.24) is 5.32 Å². The molecule has 2 aliphatic carbocycles. The monoisotopic (exact) mass is 187 g/mol. The zero-order valence-corrected chi connectivity index (χ0v) is 8.50. The van der Waals surface area contributed by atoms with Crippen LogP contribution in [0.3, 0.4) is 0 Å². The first-order chi connectivity index (χ1) is 6.93.